The third-order valence-electron chi connectivity index (χ3n) is 13.8. The molecule has 2 saturated heterocycles. The first-order valence-corrected chi connectivity index (χ1v) is 27.8. The smallest absolute Gasteiger partial charge is 0.305 e. The number of hydrogen-bond donors (Lipinski definition) is 20. The molecule has 2 fully saturated rings. The van der Waals surface area contributed by atoms with Gasteiger partial charge in [0.1, 0.15) is 60.4 Å². The van der Waals surface area contributed by atoms with Gasteiger partial charge < -0.3 is 115 Å². The van der Waals surface area contributed by atoms with Crippen molar-refractivity contribution in [2.24, 2.45) is 17.2 Å². The first kappa shape index (κ1) is 71.5. The zero-order chi connectivity index (χ0) is 62.6. The minimum Gasteiger partial charge on any atom is -0.508 e. The van der Waals surface area contributed by atoms with E-state index in [9.17, 15) is 93.9 Å². The highest BCUT2D eigenvalue weighted by atomic mass is 16.7. The van der Waals surface area contributed by atoms with Crippen LogP contribution in [0.2, 0.25) is 0 Å². The fourth-order valence-corrected chi connectivity index (χ4v) is 9.07. The lowest BCUT2D eigenvalue weighted by atomic mass is 9.95. The van der Waals surface area contributed by atoms with Gasteiger partial charge in [0, 0.05) is 25.0 Å². The number of hydrogen-bond acceptors (Lipinski definition) is 22. The lowest BCUT2D eigenvalue weighted by molar-refractivity contribution is -0.285. The summed E-state index contributed by atoms with van der Waals surface area (Å²) < 4.78 is 11.6. The van der Waals surface area contributed by atoms with Gasteiger partial charge in [-0.25, -0.2) is 0 Å². The Hall–Kier alpha value is -6.72. The molecule has 9 amide bonds. The normalized spacial score (nSPS) is 27.6. The van der Waals surface area contributed by atoms with E-state index in [1.807, 2.05) is 5.32 Å². The topological polar surface area (TPSA) is 546 Å². The Morgan fingerprint density at radius 2 is 1.29 bits per heavy atom. The molecule has 0 aromatic heterocycles. The number of benzene rings is 1. The number of ether oxygens (including phenoxy) is 2. The van der Waals surface area contributed by atoms with Crippen molar-refractivity contribution in [3.05, 3.63) is 29.8 Å². The van der Waals surface area contributed by atoms with Crippen LogP contribution in [0.4, 0.5) is 0 Å². The van der Waals surface area contributed by atoms with Gasteiger partial charge in [0.25, 0.3) is 0 Å². The summed E-state index contributed by atoms with van der Waals surface area (Å²) in [7, 11) is 0. The van der Waals surface area contributed by atoms with Crippen molar-refractivity contribution in [3.8, 4) is 5.75 Å². The van der Waals surface area contributed by atoms with E-state index in [1.54, 1.807) is 0 Å². The molecule has 2 heterocycles. The van der Waals surface area contributed by atoms with Crippen LogP contribution in [0.5, 0.6) is 5.75 Å². The first-order valence-electron chi connectivity index (χ1n) is 27.8. The summed E-state index contributed by atoms with van der Waals surface area (Å²) in [6.45, 7) is -1.95. The van der Waals surface area contributed by atoms with Crippen molar-refractivity contribution < 1.29 is 103 Å². The van der Waals surface area contributed by atoms with Gasteiger partial charge in [-0.05, 0) is 49.8 Å². The molecule has 32 nitrogen and oxygen atoms in total. The summed E-state index contributed by atoms with van der Waals surface area (Å²) in [4.78, 5) is 134. The first-order chi connectivity index (χ1) is 39.8. The Balaban J connectivity index is 2.12. The summed E-state index contributed by atoms with van der Waals surface area (Å²) in [5.41, 5.74) is 17.8. The quantitative estimate of drug-likeness (QED) is 0.0428. The number of aliphatic hydroxyl groups excluding tert-OH is 7. The second-order valence-corrected chi connectivity index (χ2v) is 20.9. The third-order valence-corrected chi connectivity index (χ3v) is 13.8. The minimum absolute atomic E-state index is 0.00117. The molecule has 0 bridgehead atoms. The molecule has 84 heavy (non-hydrogen) atoms. The summed E-state index contributed by atoms with van der Waals surface area (Å²) in [6.07, 6.45) is -8.31. The molecular formula is C52H85N11O21. The standard InChI is InChI=1S/C52H85N11O21/c1-2-3-4-5-6-7-8-9-27(53)16-30(67)19-31(84-52-45(76)44(75)37(68)25-83-52)17-28-18-39(70)59-36(24-65)50(81)63-42(43(74)26-10-12-29(66)13-11-26)51(82)61-34(21-41(72)73)49(80)62-35(23-64)47(78)57-22-40(71)56-15-14-32(54)46(77)60-33(20-38(55)69)48(79)58-28/h10-13,27-28,30-37,42-45,52,64-68,74-76H,2-9,14-25,53-54H2,1H3,(H2,55,69)(H,56,71)(H,57,78)(H,58,79)(H,59,70)(H,60,77)(H,61,82)(H,62,80)(H,63,81)(H,72,73)/t27-,28-,30-,31-,32-,33+,34-,35-,36+,37+,42-,43+,44-,45+,52+/m0/s1. The van der Waals surface area contributed by atoms with E-state index in [2.05, 4.69) is 44.1 Å². The molecule has 2 aliphatic heterocycles. The highest BCUT2D eigenvalue weighted by molar-refractivity contribution is 5.98. The van der Waals surface area contributed by atoms with Gasteiger partial charge in [0.15, 0.2) is 6.29 Å². The molecule has 2 aliphatic rings. The molecule has 1 aromatic carbocycles. The predicted octanol–water partition coefficient (Wildman–Crippen LogP) is -7.15. The number of nitrogens with two attached hydrogens (primary N) is 3. The maximum atomic E-state index is 14.2. The maximum Gasteiger partial charge on any atom is 0.305 e. The summed E-state index contributed by atoms with van der Waals surface area (Å²) in [6, 6.07) is -9.29. The van der Waals surface area contributed by atoms with E-state index in [-0.39, 0.29) is 37.1 Å². The molecule has 32 heteroatoms. The van der Waals surface area contributed by atoms with E-state index in [0.717, 1.165) is 69.2 Å². The molecule has 0 aliphatic carbocycles. The molecule has 0 radical (unpaired) electrons. The molecule has 23 N–H and O–H groups in total. The Labute approximate surface area is 484 Å². The molecule has 0 unspecified atom stereocenters. The van der Waals surface area contributed by atoms with Crippen molar-refractivity contribution in [2.45, 2.75) is 194 Å². The van der Waals surface area contributed by atoms with Crippen molar-refractivity contribution in [1.29, 1.82) is 0 Å². The van der Waals surface area contributed by atoms with Crippen LogP contribution >= 0.6 is 0 Å². The fourth-order valence-electron chi connectivity index (χ4n) is 9.07. The Morgan fingerprint density at radius 3 is 1.92 bits per heavy atom. The van der Waals surface area contributed by atoms with Crippen molar-refractivity contribution >= 4 is 59.1 Å². The van der Waals surface area contributed by atoms with E-state index >= 15 is 0 Å². The number of carboxylic acid groups (broad SMARTS) is 1. The fraction of sp³-hybridized carbons (Fsp3) is 0.692. The van der Waals surface area contributed by atoms with Gasteiger partial charge in [-0.3, -0.25) is 47.9 Å². The van der Waals surface area contributed by atoms with Crippen LogP contribution in [0.1, 0.15) is 115 Å². The Bertz CT molecular complexity index is 2320. The largest absolute Gasteiger partial charge is 0.508 e. The molecule has 15 atom stereocenters. The predicted molar refractivity (Wildman–Crippen MR) is 291 cm³/mol. The second kappa shape index (κ2) is 36.9. The number of aromatic hydroxyl groups is 1. The van der Waals surface area contributed by atoms with Gasteiger partial charge in [0.05, 0.1) is 57.5 Å². The summed E-state index contributed by atoms with van der Waals surface area (Å²) in [5.74, 6) is -12.9. The maximum absolute atomic E-state index is 14.2. The van der Waals surface area contributed by atoms with Crippen LogP contribution in [-0.4, -0.2) is 223 Å². The molecule has 474 valence electrons. The Kier molecular flexibility index (Phi) is 31.4. The number of amides is 9. The van der Waals surface area contributed by atoms with Gasteiger partial charge >= 0.3 is 5.97 Å². The van der Waals surface area contributed by atoms with Crippen molar-refractivity contribution in [3.63, 3.8) is 0 Å². The van der Waals surface area contributed by atoms with Crippen LogP contribution in [0.15, 0.2) is 24.3 Å². The number of aliphatic carboxylic acids is 1. The van der Waals surface area contributed by atoms with Crippen molar-refractivity contribution in [2.75, 3.05) is 32.9 Å². The molecule has 1 aromatic rings. The van der Waals surface area contributed by atoms with E-state index in [1.165, 1.54) is 0 Å². The zero-order valence-electron chi connectivity index (χ0n) is 46.8. The van der Waals surface area contributed by atoms with Crippen LogP contribution in [0.25, 0.3) is 0 Å². The number of aliphatic hydroxyl groups is 7. The molecule has 0 saturated carbocycles. The number of carboxylic acids is 1. The third kappa shape index (κ3) is 25.2. The van der Waals surface area contributed by atoms with Gasteiger partial charge in [-0.2, -0.15) is 0 Å². The van der Waals surface area contributed by atoms with Gasteiger partial charge in [-0.1, -0.05) is 64.0 Å². The molecular weight excluding hydrogens is 1110 g/mol. The Morgan fingerprint density at radius 1 is 0.702 bits per heavy atom. The van der Waals surface area contributed by atoms with E-state index in [4.69, 9.17) is 26.7 Å². The highest BCUT2D eigenvalue weighted by Gasteiger charge is 2.41. The SMILES string of the molecule is CCCCCCCCC[C@H](N)C[C@H](O)C[C@H](C[C@H]1CC(=O)N[C@H](CO)C(=O)N[C@@H]([C@H](O)c2ccc(O)cc2)C(=O)N[C@@H](CC(=O)O)C(=O)N[C@@H](CO)C(=O)NCC(=O)NCC[C@H](N)C(=O)N[C@H](CC(N)=O)C(=O)N1)O[C@H]1OC[C@@H](O)[C@H](O)[C@H]1O. The van der Waals surface area contributed by atoms with Crippen LogP contribution in [0, 0.1) is 0 Å². The lowest BCUT2D eigenvalue weighted by Crippen LogP contribution is -2.60. The number of carbonyl (C=O) groups is 10. The lowest BCUT2D eigenvalue weighted by Gasteiger charge is -2.38. The second-order valence-electron chi connectivity index (χ2n) is 20.9. The number of rotatable bonds is 24. The van der Waals surface area contributed by atoms with Gasteiger partial charge in [-0.15, -0.1) is 0 Å². The van der Waals surface area contributed by atoms with E-state index < -0.39 is 202 Å². The monoisotopic (exact) mass is 1200 g/mol. The number of phenols is 1. The number of phenolic OH excluding ortho intramolecular Hbond substituents is 1. The average Bonchev–Trinajstić information content (AvgIpc) is 3.62. The van der Waals surface area contributed by atoms with Crippen LogP contribution < -0.4 is 59.7 Å². The zero-order valence-corrected chi connectivity index (χ0v) is 46.8. The summed E-state index contributed by atoms with van der Waals surface area (Å²) >= 11 is 0. The highest BCUT2D eigenvalue weighted by Crippen LogP contribution is 2.25. The number of nitrogens with one attached hydrogen (secondary N) is 8. The summed E-state index contributed by atoms with van der Waals surface area (Å²) in [5, 5.41) is 112. The van der Waals surface area contributed by atoms with Crippen LogP contribution in [0.3, 0.4) is 0 Å². The number of unbranched alkanes of at least 4 members (excludes halogenated alkanes) is 6. The van der Waals surface area contributed by atoms with Crippen molar-refractivity contribution in [1.82, 2.24) is 42.5 Å². The van der Waals surface area contributed by atoms with Crippen LogP contribution in [-0.2, 0) is 57.4 Å². The van der Waals surface area contributed by atoms with Gasteiger partial charge in [0.2, 0.25) is 53.2 Å². The number of primary amides is 1. The van der Waals surface area contributed by atoms with E-state index in [0.29, 0.717) is 6.42 Å². The average molecular weight is 1200 g/mol. The molecule has 0 spiro atoms. The minimum atomic E-state index is -2.24. The molecule has 3 rings (SSSR count). The number of carbonyl (C=O) groups excluding carboxylic acids is 9.